The zero-order valence-corrected chi connectivity index (χ0v) is 23.4. The molecule has 0 spiro atoms. The molecule has 1 amide bonds. The number of anilines is 2. The highest BCUT2D eigenvalue weighted by atomic mass is 32.2. The molecule has 11 nitrogen and oxygen atoms in total. The average Bonchev–Trinajstić information content (AvgIpc) is 3.64. The highest BCUT2D eigenvalue weighted by molar-refractivity contribution is 7.90. The van der Waals surface area contributed by atoms with Crippen molar-refractivity contribution in [1.82, 2.24) is 28.8 Å². The van der Waals surface area contributed by atoms with Crippen molar-refractivity contribution in [2.75, 3.05) is 24.1 Å². The van der Waals surface area contributed by atoms with Crippen LogP contribution in [0.2, 0.25) is 0 Å². The Balaban J connectivity index is 1.34. The Kier molecular flexibility index (Phi) is 7.06. The molecular formula is C28H31FN8O3S. The standard InChI is InChI=1S/C28H31FN8O3S/c1-17-7-9-20(10-8-17)41(39,40)37-15-21(23-24(30)32-16-33-27(23)37)25-31-14-22(29)26(35-25)34-19-6-4-5-18(13-19)28(38)36-11-2-3-12-36/h7-10,14-16,18-19H,2-6,11-13H2,1H3,(H2,30,32,33)(H,31,34,35)/t18-,19+/m0/s1. The Hall–Kier alpha value is -4.13. The maximum atomic E-state index is 15.0. The lowest BCUT2D eigenvalue weighted by Crippen LogP contribution is -2.39. The fourth-order valence-electron chi connectivity index (χ4n) is 5.77. The number of hydrogen-bond acceptors (Lipinski definition) is 9. The van der Waals surface area contributed by atoms with Gasteiger partial charge in [-0.3, -0.25) is 4.79 Å². The molecule has 4 heterocycles. The van der Waals surface area contributed by atoms with E-state index < -0.39 is 15.8 Å². The molecule has 1 saturated heterocycles. The van der Waals surface area contributed by atoms with Crippen molar-refractivity contribution in [3.63, 3.8) is 0 Å². The van der Waals surface area contributed by atoms with Crippen LogP contribution in [0.1, 0.15) is 44.1 Å². The molecule has 2 fully saturated rings. The minimum Gasteiger partial charge on any atom is -0.383 e. The maximum Gasteiger partial charge on any atom is 0.269 e. The number of carbonyl (C=O) groups is 1. The van der Waals surface area contributed by atoms with Gasteiger partial charge in [-0.2, -0.15) is 0 Å². The van der Waals surface area contributed by atoms with Gasteiger partial charge in [-0.1, -0.05) is 24.1 Å². The van der Waals surface area contributed by atoms with E-state index in [1.54, 1.807) is 12.1 Å². The molecule has 0 radical (unpaired) electrons. The maximum absolute atomic E-state index is 15.0. The Bertz CT molecular complexity index is 1720. The number of aromatic nitrogens is 5. The third-order valence-corrected chi connectivity index (χ3v) is 9.59. The van der Waals surface area contributed by atoms with Crippen LogP contribution in [0.3, 0.4) is 0 Å². The van der Waals surface area contributed by atoms with E-state index in [0.29, 0.717) is 6.42 Å². The molecule has 3 N–H and O–H groups in total. The number of benzene rings is 1. The molecule has 13 heteroatoms. The number of amides is 1. The Morgan fingerprint density at radius 2 is 1.83 bits per heavy atom. The summed E-state index contributed by atoms with van der Waals surface area (Å²) in [5.41, 5.74) is 7.41. The van der Waals surface area contributed by atoms with Gasteiger partial charge in [0.2, 0.25) is 5.91 Å². The SMILES string of the molecule is Cc1ccc(S(=O)(=O)n2cc(-c3ncc(F)c(N[C@@H]4CCC[C@H](C(=O)N5CCCC5)C4)n3)c3c(N)ncnc32)cc1. The van der Waals surface area contributed by atoms with Gasteiger partial charge in [0.15, 0.2) is 23.1 Å². The number of nitrogens with zero attached hydrogens (tertiary/aromatic N) is 6. The van der Waals surface area contributed by atoms with Crippen molar-refractivity contribution < 1.29 is 17.6 Å². The molecule has 0 bridgehead atoms. The second kappa shape index (κ2) is 10.7. The number of likely N-dealkylation sites (tertiary alicyclic amines) is 1. The van der Waals surface area contributed by atoms with Crippen LogP contribution in [0.5, 0.6) is 0 Å². The van der Waals surface area contributed by atoms with Gasteiger partial charge in [0.25, 0.3) is 10.0 Å². The number of rotatable bonds is 6. The van der Waals surface area contributed by atoms with Crippen LogP contribution in [0.4, 0.5) is 16.0 Å². The summed E-state index contributed by atoms with van der Waals surface area (Å²) >= 11 is 0. The smallest absolute Gasteiger partial charge is 0.269 e. The van der Waals surface area contributed by atoms with Crippen molar-refractivity contribution in [3.8, 4) is 11.4 Å². The number of halogens is 1. The zero-order chi connectivity index (χ0) is 28.7. The lowest BCUT2D eigenvalue weighted by Gasteiger charge is -2.31. The van der Waals surface area contributed by atoms with E-state index in [2.05, 4.69) is 25.3 Å². The Labute approximate surface area is 237 Å². The van der Waals surface area contributed by atoms with Gasteiger partial charge in [0, 0.05) is 31.2 Å². The normalized spacial score (nSPS) is 19.5. The van der Waals surface area contributed by atoms with Gasteiger partial charge in [-0.25, -0.2) is 36.7 Å². The Morgan fingerprint density at radius 3 is 2.59 bits per heavy atom. The third kappa shape index (κ3) is 5.09. The van der Waals surface area contributed by atoms with E-state index in [0.717, 1.165) is 60.9 Å². The van der Waals surface area contributed by atoms with E-state index >= 15 is 0 Å². The van der Waals surface area contributed by atoms with Crippen LogP contribution in [0.25, 0.3) is 22.4 Å². The number of nitrogen functional groups attached to an aromatic ring is 1. The molecule has 6 rings (SSSR count). The Morgan fingerprint density at radius 1 is 1.07 bits per heavy atom. The zero-order valence-electron chi connectivity index (χ0n) is 22.6. The van der Waals surface area contributed by atoms with E-state index in [1.807, 2.05) is 11.8 Å². The molecule has 1 aliphatic heterocycles. The topological polar surface area (TPSA) is 149 Å². The highest BCUT2D eigenvalue weighted by Crippen LogP contribution is 2.34. The van der Waals surface area contributed by atoms with Gasteiger partial charge < -0.3 is 16.0 Å². The minimum atomic E-state index is -4.06. The first-order valence-electron chi connectivity index (χ1n) is 13.7. The highest BCUT2D eigenvalue weighted by Gasteiger charge is 2.32. The predicted molar refractivity (Wildman–Crippen MR) is 152 cm³/mol. The molecule has 4 aromatic rings. The van der Waals surface area contributed by atoms with Crippen LogP contribution in [0.15, 0.2) is 47.9 Å². The van der Waals surface area contributed by atoms with E-state index in [-0.39, 0.29) is 56.8 Å². The van der Waals surface area contributed by atoms with Crippen LogP contribution in [-0.2, 0) is 14.8 Å². The predicted octanol–water partition coefficient (Wildman–Crippen LogP) is 3.75. The number of aryl methyl sites for hydroxylation is 1. The molecule has 1 aromatic carbocycles. The van der Waals surface area contributed by atoms with E-state index in [9.17, 15) is 17.6 Å². The van der Waals surface area contributed by atoms with Crippen LogP contribution in [0, 0.1) is 18.7 Å². The van der Waals surface area contributed by atoms with Gasteiger partial charge in [-0.15, -0.1) is 0 Å². The molecule has 0 unspecified atom stereocenters. The lowest BCUT2D eigenvalue weighted by molar-refractivity contribution is -0.135. The summed E-state index contributed by atoms with van der Waals surface area (Å²) in [6.45, 7) is 3.47. The van der Waals surface area contributed by atoms with Crippen molar-refractivity contribution in [2.45, 2.75) is 56.4 Å². The summed E-state index contributed by atoms with van der Waals surface area (Å²) in [5.74, 6) is -0.491. The number of fused-ring (bicyclic) bond motifs is 1. The first-order valence-corrected chi connectivity index (χ1v) is 15.2. The van der Waals surface area contributed by atoms with Crippen molar-refractivity contribution >= 4 is 38.6 Å². The second-order valence-corrected chi connectivity index (χ2v) is 12.6. The minimum absolute atomic E-state index is 0.0213. The van der Waals surface area contributed by atoms with Crippen molar-refractivity contribution in [3.05, 3.63) is 54.4 Å². The largest absolute Gasteiger partial charge is 0.383 e. The van der Waals surface area contributed by atoms with E-state index in [4.69, 9.17) is 5.73 Å². The first-order chi connectivity index (χ1) is 19.7. The average molecular weight is 579 g/mol. The molecule has 2 atom stereocenters. The van der Waals surface area contributed by atoms with Crippen LogP contribution >= 0.6 is 0 Å². The number of carbonyl (C=O) groups excluding carboxylic acids is 1. The molecule has 1 aliphatic carbocycles. The van der Waals surface area contributed by atoms with Crippen molar-refractivity contribution in [1.29, 1.82) is 0 Å². The number of nitrogens with two attached hydrogens (primary N) is 1. The monoisotopic (exact) mass is 578 g/mol. The third-order valence-electron chi connectivity index (χ3n) is 7.93. The second-order valence-electron chi connectivity index (χ2n) is 10.7. The quantitative estimate of drug-likeness (QED) is 0.349. The summed E-state index contributed by atoms with van der Waals surface area (Å²) in [4.78, 5) is 31.8. The first kappa shape index (κ1) is 27.1. The van der Waals surface area contributed by atoms with E-state index in [1.165, 1.54) is 24.7 Å². The van der Waals surface area contributed by atoms with Gasteiger partial charge in [0.1, 0.15) is 12.1 Å². The summed E-state index contributed by atoms with van der Waals surface area (Å²) in [6.07, 6.45) is 8.66. The molecule has 41 heavy (non-hydrogen) atoms. The van der Waals surface area contributed by atoms with Crippen LogP contribution in [-0.4, -0.2) is 62.3 Å². The van der Waals surface area contributed by atoms with Gasteiger partial charge in [-0.05, 0) is 51.2 Å². The fraction of sp³-hybridized carbons (Fsp3) is 0.393. The molecule has 2 aliphatic rings. The number of nitrogens with one attached hydrogen (secondary N) is 1. The van der Waals surface area contributed by atoms with Gasteiger partial charge >= 0.3 is 0 Å². The number of hydrogen-bond donors (Lipinski definition) is 2. The molecule has 214 valence electrons. The summed E-state index contributed by atoms with van der Waals surface area (Å²) < 4.78 is 43.2. The summed E-state index contributed by atoms with van der Waals surface area (Å²) in [5, 5.41) is 3.43. The summed E-state index contributed by atoms with van der Waals surface area (Å²) in [6, 6.07) is 6.30. The van der Waals surface area contributed by atoms with Gasteiger partial charge in [0.05, 0.1) is 22.0 Å². The summed E-state index contributed by atoms with van der Waals surface area (Å²) in [7, 11) is -4.06. The molecule has 1 saturated carbocycles. The lowest BCUT2D eigenvalue weighted by atomic mass is 9.84. The fourth-order valence-corrected chi connectivity index (χ4v) is 7.08. The molecule has 3 aromatic heterocycles. The van der Waals surface area contributed by atoms with Crippen molar-refractivity contribution in [2.24, 2.45) is 5.92 Å². The van der Waals surface area contributed by atoms with Crippen LogP contribution < -0.4 is 11.1 Å². The molecular weight excluding hydrogens is 547 g/mol.